The summed E-state index contributed by atoms with van der Waals surface area (Å²) in [5.41, 5.74) is -0.715. The maximum Gasteiger partial charge on any atom is 0.435 e. The summed E-state index contributed by atoms with van der Waals surface area (Å²) in [6, 6.07) is 0.907. The molecule has 1 amide bonds. The number of alkyl halides is 6. The van der Waals surface area contributed by atoms with Gasteiger partial charge in [0.1, 0.15) is 5.69 Å². The van der Waals surface area contributed by atoms with Crippen molar-refractivity contribution < 1.29 is 31.1 Å². The maximum atomic E-state index is 13.4. The third-order valence-corrected chi connectivity index (χ3v) is 5.25. The molecule has 6 nitrogen and oxygen atoms in total. The van der Waals surface area contributed by atoms with E-state index >= 15 is 0 Å². The van der Waals surface area contributed by atoms with E-state index in [1.165, 1.54) is 6.92 Å². The van der Waals surface area contributed by atoms with E-state index in [2.05, 4.69) is 15.5 Å². The molecule has 0 spiro atoms. The van der Waals surface area contributed by atoms with E-state index in [1.807, 2.05) is 0 Å². The van der Waals surface area contributed by atoms with Crippen LogP contribution < -0.4 is 5.32 Å². The Morgan fingerprint density at radius 3 is 2.45 bits per heavy atom. The lowest BCUT2D eigenvalue weighted by Crippen LogP contribution is -2.33. The lowest BCUT2D eigenvalue weighted by Gasteiger charge is -2.15. The number of carbonyl (C=O) groups excluding carboxylic acids is 1. The molecule has 172 valence electrons. The number of hydrogen-bond donors (Lipinski definition) is 1. The van der Waals surface area contributed by atoms with Crippen molar-refractivity contribution in [3.63, 3.8) is 0 Å². The van der Waals surface area contributed by atoms with E-state index in [1.54, 1.807) is 6.92 Å². The molecule has 1 N–H and O–H groups in total. The highest BCUT2D eigenvalue weighted by atomic mass is 19.4. The topological polar surface area (TPSA) is 64.7 Å². The van der Waals surface area contributed by atoms with Gasteiger partial charge < -0.3 is 5.32 Å². The van der Waals surface area contributed by atoms with Gasteiger partial charge in [-0.3, -0.25) is 14.2 Å². The molecule has 0 radical (unpaired) electrons. The average molecular weight is 451 g/mol. The standard InChI is InChI=1S/C19H23F6N5O/c1-11(10-30-12(2)9-15(28-30)18(20,21)22)17(31)26-7-4-8-29-16(19(23,24)25)13-5-3-6-14(13)27-29/h9,11H,3-8,10H2,1-2H3,(H,26,31). The van der Waals surface area contributed by atoms with E-state index in [-0.39, 0.29) is 37.3 Å². The van der Waals surface area contributed by atoms with Crippen LogP contribution in [0.25, 0.3) is 0 Å². The highest BCUT2D eigenvalue weighted by Crippen LogP contribution is 2.37. The van der Waals surface area contributed by atoms with Gasteiger partial charge in [0.15, 0.2) is 5.69 Å². The predicted molar refractivity (Wildman–Crippen MR) is 98.0 cm³/mol. The van der Waals surface area contributed by atoms with Crippen molar-refractivity contribution in [2.45, 2.75) is 65.0 Å². The maximum absolute atomic E-state index is 13.4. The van der Waals surface area contributed by atoms with Crippen molar-refractivity contribution in [3.05, 3.63) is 34.4 Å². The van der Waals surface area contributed by atoms with Crippen LogP contribution in [0.4, 0.5) is 26.3 Å². The number of nitrogens with zero attached hydrogens (tertiary/aromatic N) is 4. The summed E-state index contributed by atoms with van der Waals surface area (Å²) in [6.45, 7) is 3.09. The molecule has 0 fully saturated rings. The summed E-state index contributed by atoms with van der Waals surface area (Å²) in [6.07, 6.45) is -7.26. The second-order valence-corrected chi connectivity index (χ2v) is 7.74. The summed E-state index contributed by atoms with van der Waals surface area (Å²) in [4.78, 5) is 12.2. The fourth-order valence-corrected chi connectivity index (χ4v) is 3.71. The molecule has 2 heterocycles. The summed E-state index contributed by atoms with van der Waals surface area (Å²) in [7, 11) is 0. The number of halogens is 6. The zero-order valence-electron chi connectivity index (χ0n) is 17.1. The van der Waals surface area contributed by atoms with Crippen LogP contribution in [0.2, 0.25) is 0 Å². The number of fused-ring (bicyclic) bond motifs is 1. The number of nitrogens with one attached hydrogen (secondary N) is 1. The molecule has 0 aliphatic heterocycles. The average Bonchev–Trinajstić information content (AvgIpc) is 3.31. The molecule has 2 aromatic rings. The first-order valence-corrected chi connectivity index (χ1v) is 9.93. The van der Waals surface area contributed by atoms with Gasteiger partial charge in [-0.05, 0) is 38.7 Å². The Balaban J connectivity index is 1.52. The summed E-state index contributed by atoms with van der Waals surface area (Å²) in [5, 5.41) is 10.2. The first kappa shape index (κ1) is 23.1. The molecule has 0 aromatic carbocycles. The van der Waals surface area contributed by atoms with Crippen LogP contribution in [0.1, 0.15) is 48.1 Å². The molecule has 12 heteroatoms. The minimum absolute atomic E-state index is 0.00368. The molecule has 0 bridgehead atoms. The Bertz CT molecular complexity index is 943. The van der Waals surface area contributed by atoms with Crippen molar-refractivity contribution in [2.24, 2.45) is 5.92 Å². The Kier molecular flexibility index (Phi) is 6.38. The van der Waals surface area contributed by atoms with E-state index in [9.17, 15) is 31.1 Å². The van der Waals surface area contributed by atoms with E-state index in [0.717, 1.165) is 15.4 Å². The Hall–Kier alpha value is -2.53. The molecule has 2 aromatic heterocycles. The molecule has 1 aliphatic rings. The van der Waals surface area contributed by atoms with E-state index < -0.39 is 35.6 Å². The molecule has 1 atom stereocenters. The van der Waals surface area contributed by atoms with Gasteiger partial charge in [0.2, 0.25) is 5.91 Å². The lowest BCUT2D eigenvalue weighted by molar-refractivity contribution is -0.145. The number of carbonyl (C=O) groups is 1. The Labute approximate surface area is 174 Å². The Morgan fingerprint density at radius 1 is 1.13 bits per heavy atom. The van der Waals surface area contributed by atoms with Gasteiger partial charge in [-0.15, -0.1) is 0 Å². The molecule has 31 heavy (non-hydrogen) atoms. The quantitative estimate of drug-likeness (QED) is 0.515. The van der Waals surface area contributed by atoms with Gasteiger partial charge in [0, 0.05) is 24.3 Å². The van der Waals surface area contributed by atoms with Gasteiger partial charge >= 0.3 is 12.4 Å². The van der Waals surface area contributed by atoms with Crippen molar-refractivity contribution >= 4 is 5.91 Å². The number of hydrogen-bond acceptors (Lipinski definition) is 3. The zero-order chi connectivity index (χ0) is 23.0. The van der Waals surface area contributed by atoms with Crippen molar-refractivity contribution in [2.75, 3.05) is 6.54 Å². The van der Waals surface area contributed by atoms with Crippen LogP contribution in [-0.4, -0.2) is 32.0 Å². The smallest absolute Gasteiger partial charge is 0.356 e. The largest absolute Gasteiger partial charge is 0.435 e. The number of aryl methyl sites for hydroxylation is 3. The molecular formula is C19H23F6N5O. The molecule has 0 saturated carbocycles. The zero-order valence-corrected chi connectivity index (χ0v) is 17.1. The second kappa shape index (κ2) is 8.54. The van der Waals surface area contributed by atoms with Crippen LogP contribution in [0, 0.1) is 12.8 Å². The SMILES string of the molecule is Cc1cc(C(F)(F)F)nn1CC(C)C(=O)NCCCn1nc2c(c1C(F)(F)F)CCC2. The van der Waals surface area contributed by atoms with Crippen molar-refractivity contribution in [1.29, 1.82) is 0 Å². The lowest BCUT2D eigenvalue weighted by atomic mass is 10.1. The van der Waals surface area contributed by atoms with Crippen LogP contribution >= 0.6 is 0 Å². The van der Waals surface area contributed by atoms with Crippen LogP contribution in [-0.2, 0) is 43.1 Å². The summed E-state index contributed by atoms with van der Waals surface area (Å²) < 4.78 is 80.5. The fraction of sp³-hybridized carbons (Fsp3) is 0.632. The van der Waals surface area contributed by atoms with Crippen molar-refractivity contribution in [1.82, 2.24) is 24.9 Å². The van der Waals surface area contributed by atoms with Gasteiger partial charge in [-0.1, -0.05) is 6.92 Å². The molecule has 1 aliphatic carbocycles. The number of rotatable bonds is 7. The monoisotopic (exact) mass is 451 g/mol. The molecule has 0 saturated heterocycles. The molecule has 3 rings (SSSR count). The first-order chi connectivity index (χ1) is 14.4. The van der Waals surface area contributed by atoms with Crippen LogP contribution in [0.3, 0.4) is 0 Å². The van der Waals surface area contributed by atoms with Gasteiger partial charge in [0.05, 0.1) is 18.2 Å². The Morgan fingerprint density at radius 2 is 1.84 bits per heavy atom. The number of aromatic nitrogens is 4. The third-order valence-electron chi connectivity index (χ3n) is 5.25. The molecular weight excluding hydrogens is 428 g/mol. The minimum atomic E-state index is -4.57. The highest BCUT2D eigenvalue weighted by Gasteiger charge is 2.40. The summed E-state index contributed by atoms with van der Waals surface area (Å²) >= 11 is 0. The fourth-order valence-electron chi connectivity index (χ4n) is 3.71. The van der Waals surface area contributed by atoms with Gasteiger partial charge in [-0.25, -0.2) is 0 Å². The summed E-state index contributed by atoms with van der Waals surface area (Å²) in [5.74, 6) is -1.08. The minimum Gasteiger partial charge on any atom is -0.356 e. The van der Waals surface area contributed by atoms with Crippen LogP contribution in [0.5, 0.6) is 0 Å². The van der Waals surface area contributed by atoms with E-state index in [4.69, 9.17) is 0 Å². The van der Waals surface area contributed by atoms with E-state index in [0.29, 0.717) is 25.0 Å². The van der Waals surface area contributed by atoms with Crippen LogP contribution in [0.15, 0.2) is 6.07 Å². The van der Waals surface area contributed by atoms with Crippen molar-refractivity contribution in [3.8, 4) is 0 Å². The first-order valence-electron chi connectivity index (χ1n) is 9.93. The third kappa shape index (κ3) is 5.21. The highest BCUT2D eigenvalue weighted by molar-refractivity contribution is 5.78. The van der Waals surface area contributed by atoms with Gasteiger partial charge in [-0.2, -0.15) is 36.5 Å². The van der Waals surface area contributed by atoms with Gasteiger partial charge in [0.25, 0.3) is 0 Å². The molecule has 1 unspecified atom stereocenters. The second-order valence-electron chi connectivity index (χ2n) is 7.74. The number of amides is 1. The normalized spacial score (nSPS) is 15.2. The predicted octanol–water partition coefficient (Wildman–Crippen LogP) is 3.76.